The molecule has 153 valence electrons. The molecule has 0 atom stereocenters. The van der Waals surface area contributed by atoms with Crippen LogP contribution < -0.4 is 5.22 Å². The van der Waals surface area contributed by atoms with Gasteiger partial charge in [0.2, 0.25) is 0 Å². The van der Waals surface area contributed by atoms with Gasteiger partial charge in [0, 0.05) is 0 Å². The fourth-order valence-electron chi connectivity index (χ4n) is 5.82. The van der Waals surface area contributed by atoms with E-state index in [1.807, 2.05) is 0 Å². The Bertz CT molecular complexity index is 1680. The Hall–Kier alpha value is -3.81. The number of rotatable bonds is 2. The number of benzene rings is 5. The number of fused-ring (bicyclic) bond motifs is 4. The molecule has 5 aromatic rings. The van der Waals surface area contributed by atoms with Crippen molar-refractivity contribution in [1.29, 1.82) is 0 Å². The van der Waals surface area contributed by atoms with Crippen LogP contribution >= 0.6 is 0 Å². The molecular weight excluding hydrogens is 412 g/mol. The minimum Gasteiger partial charge on any atom is -0.0651 e. The average molecular weight is 434 g/mol. The minimum atomic E-state index is -0.356. The molecule has 0 spiro atoms. The summed E-state index contributed by atoms with van der Waals surface area (Å²) in [6, 6.07) is 40.2. The van der Waals surface area contributed by atoms with Crippen molar-refractivity contribution >= 4 is 36.2 Å². The third kappa shape index (κ3) is 2.60. The Labute approximate surface area is 195 Å². The Morgan fingerprint density at radius 1 is 0.545 bits per heavy atom. The molecule has 0 saturated carbocycles. The van der Waals surface area contributed by atoms with Crippen LogP contribution in [0.2, 0.25) is 0 Å². The van der Waals surface area contributed by atoms with Crippen molar-refractivity contribution in [3.8, 4) is 0 Å². The van der Waals surface area contributed by atoms with Gasteiger partial charge in [-0.1, -0.05) is 127 Å². The van der Waals surface area contributed by atoms with E-state index in [1.54, 1.807) is 0 Å². The molecular formula is C32H21Si. The van der Waals surface area contributed by atoms with E-state index in [0.717, 1.165) is 0 Å². The first kappa shape index (κ1) is 18.7. The summed E-state index contributed by atoms with van der Waals surface area (Å²) in [6.07, 6.45) is 7.07. The van der Waals surface area contributed by atoms with E-state index >= 15 is 0 Å². The summed E-state index contributed by atoms with van der Waals surface area (Å²) >= 11 is 0. The number of allylic oxidation sites excluding steroid dienone is 4. The lowest BCUT2D eigenvalue weighted by Gasteiger charge is -2.38. The van der Waals surface area contributed by atoms with Gasteiger partial charge in [0.25, 0.3) is 0 Å². The molecule has 0 amide bonds. The van der Waals surface area contributed by atoms with Gasteiger partial charge in [0.15, 0.2) is 0 Å². The molecule has 1 heterocycles. The predicted octanol–water partition coefficient (Wildman–Crippen LogP) is 6.55. The van der Waals surface area contributed by atoms with E-state index in [2.05, 4.69) is 127 Å². The summed E-state index contributed by atoms with van der Waals surface area (Å²) in [5.74, 6) is 0. The monoisotopic (exact) mass is 433 g/mol. The maximum Gasteiger partial charge on any atom is 0.0699 e. The van der Waals surface area contributed by atoms with E-state index < -0.39 is 0 Å². The van der Waals surface area contributed by atoms with Gasteiger partial charge in [0.05, 0.1) is 14.5 Å². The molecule has 1 aliphatic heterocycles. The Kier molecular flexibility index (Phi) is 4.03. The Balaban J connectivity index is 1.73. The lowest BCUT2D eigenvalue weighted by molar-refractivity contribution is 0.850. The Morgan fingerprint density at radius 3 is 1.82 bits per heavy atom. The van der Waals surface area contributed by atoms with Crippen molar-refractivity contribution in [2.45, 2.75) is 5.41 Å². The molecule has 0 saturated heterocycles. The average Bonchev–Trinajstić information content (AvgIpc) is 3.27. The summed E-state index contributed by atoms with van der Waals surface area (Å²) in [7, 11) is 0.692. The third-order valence-corrected chi connectivity index (χ3v) is 8.56. The van der Waals surface area contributed by atoms with Crippen molar-refractivity contribution in [3.05, 3.63) is 154 Å². The first-order valence-corrected chi connectivity index (χ1v) is 12.5. The van der Waals surface area contributed by atoms with E-state index in [4.69, 9.17) is 0 Å². The molecule has 0 fully saturated rings. The molecule has 1 aliphatic carbocycles. The summed E-state index contributed by atoms with van der Waals surface area (Å²) in [4.78, 5) is 1.45. The van der Waals surface area contributed by atoms with Crippen LogP contribution in [0.5, 0.6) is 0 Å². The fourth-order valence-corrected chi connectivity index (χ4v) is 7.27. The van der Waals surface area contributed by atoms with Crippen LogP contribution in [0.3, 0.4) is 0 Å². The molecule has 1 radical (unpaired) electrons. The molecule has 0 nitrogen and oxygen atoms in total. The molecule has 1 heteroatoms. The van der Waals surface area contributed by atoms with Gasteiger partial charge in [0.1, 0.15) is 0 Å². The third-order valence-electron chi connectivity index (χ3n) is 7.17. The van der Waals surface area contributed by atoms with Gasteiger partial charge in [-0.05, 0) is 53.5 Å². The molecule has 0 aromatic heterocycles. The molecule has 0 bridgehead atoms. The zero-order valence-electron chi connectivity index (χ0n) is 18.1. The smallest absolute Gasteiger partial charge is 0.0651 e. The highest BCUT2D eigenvalue weighted by Gasteiger charge is 2.41. The van der Waals surface area contributed by atoms with Crippen LogP contribution in [0.1, 0.15) is 11.1 Å². The summed E-state index contributed by atoms with van der Waals surface area (Å²) in [5.41, 5.74) is 3.81. The first-order chi connectivity index (χ1) is 16.4. The van der Waals surface area contributed by atoms with Crippen LogP contribution in [0, 0.1) is 4.81 Å². The zero-order chi connectivity index (χ0) is 21.8. The van der Waals surface area contributed by atoms with Gasteiger partial charge in [-0.25, -0.2) is 0 Å². The molecule has 33 heavy (non-hydrogen) atoms. The zero-order valence-corrected chi connectivity index (χ0v) is 19.1. The highest BCUT2D eigenvalue weighted by atomic mass is 28.2. The van der Waals surface area contributed by atoms with Crippen LogP contribution in [0.4, 0.5) is 0 Å². The van der Waals surface area contributed by atoms with Crippen molar-refractivity contribution in [2.24, 2.45) is 0 Å². The van der Waals surface area contributed by atoms with Gasteiger partial charge < -0.3 is 0 Å². The van der Waals surface area contributed by atoms with Gasteiger partial charge in [-0.15, -0.1) is 0 Å². The molecule has 0 N–H and O–H groups in total. The SMILES string of the molecule is C1=CC(c2cccc3ccccc23)(c2cccc3ccccc23)C2=c3ccccc3=[Si]C2=C1. The molecule has 2 aliphatic rings. The van der Waals surface area contributed by atoms with Crippen molar-refractivity contribution in [2.75, 3.05) is 0 Å². The number of hydrogen-bond donors (Lipinski definition) is 0. The number of hydrogen-bond acceptors (Lipinski definition) is 0. The second-order valence-corrected chi connectivity index (χ2v) is 10.2. The quantitative estimate of drug-likeness (QED) is 0.277. The van der Waals surface area contributed by atoms with E-state index in [0.29, 0.717) is 9.13 Å². The lowest BCUT2D eigenvalue weighted by atomic mass is 9.64. The molecule has 5 aromatic carbocycles. The highest BCUT2D eigenvalue weighted by Crippen LogP contribution is 2.50. The standard InChI is InChI=1S/C32H21Si/c1-3-14-24-22(10-1)12-7-17-27(24)32(28-18-8-13-23-11-2-4-15-25(23)28)21-9-20-30-31(32)26-16-5-6-19-29(26)33-30/h1-21H. The topological polar surface area (TPSA) is 0 Å². The van der Waals surface area contributed by atoms with Crippen LogP contribution in [-0.2, 0) is 5.41 Å². The van der Waals surface area contributed by atoms with Crippen LogP contribution in [0.15, 0.2) is 133 Å². The van der Waals surface area contributed by atoms with Crippen molar-refractivity contribution in [1.82, 2.24) is 0 Å². The Morgan fingerprint density at radius 2 is 1.12 bits per heavy atom. The minimum absolute atomic E-state index is 0.356. The van der Waals surface area contributed by atoms with Crippen LogP contribution in [-0.4, -0.2) is 9.13 Å². The van der Waals surface area contributed by atoms with Gasteiger partial charge in [-0.2, -0.15) is 0 Å². The summed E-state index contributed by atoms with van der Waals surface area (Å²) in [6.45, 7) is 0. The first-order valence-electron chi connectivity index (χ1n) is 11.5. The second-order valence-electron chi connectivity index (χ2n) is 8.85. The summed E-state index contributed by atoms with van der Waals surface area (Å²) < 4.78 is 0. The largest absolute Gasteiger partial charge is 0.0699 e. The molecule has 7 rings (SSSR count). The highest BCUT2D eigenvalue weighted by molar-refractivity contribution is 6.45. The van der Waals surface area contributed by atoms with Crippen LogP contribution in [0.25, 0.3) is 27.1 Å². The second kappa shape index (κ2) is 7.10. The maximum atomic E-state index is 2.45. The summed E-state index contributed by atoms with van der Waals surface area (Å²) in [5, 5.41) is 8.06. The van der Waals surface area contributed by atoms with Gasteiger partial charge >= 0.3 is 0 Å². The van der Waals surface area contributed by atoms with E-state index in [1.165, 1.54) is 53.5 Å². The van der Waals surface area contributed by atoms with Crippen molar-refractivity contribution < 1.29 is 0 Å². The molecule has 0 unspecified atom stereocenters. The van der Waals surface area contributed by atoms with Crippen molar-refractivity contribution in [3.63, 3.8) is 0 Å². The normalized spacial score (nSPS) is 15.8. The van der Waals surface area contributed by atoms with Gasteiger partial charge in [-0.3, -0.25) is 0 Å². The van der Waals surface area contributed by atoms with E-state index in [9.17, 15) is 0 Å². The fraction of sp³-hybridized carbons (Fsp3) is 0.0312. The lowest BCUT2D eigenvalue weighted by Crippen LogP contribution is -2.33. The maximum absolute atomic E-state index is 2.45. The van der Waals surface area contributed by atoms with E-state index in [-0.39, 0.29) is 5.41 Å². The predicted molar refractivity (Wildman–Crippen MR) is 140 cm³/mol.